The third kappa shape index (κ3) is 3.06. The lowest BCUT2D eigenvalue weighted by atomic mass is 9.76. The van der Waals surface area contributed by atoms with Crippen molar-refractivity contribution in [2.24, 2.45) is 0 Å². The van der Waals surface area contributed by atoms with Crippen molar-refractivity contribution in [1.82, 2.24) is 0 Å². The van der Waals surface area contributed by atoms with Crippen molar-refractivity contribution < 1.29 is 23.6 Å². The van der Waals surface area contributed by atoms with Crippen LogP contribution in [0.5, 0.6) is 0 Å². The highest BCUT2D eigenvalue weighted by Crippen LogP contribution is 2.40. The number of Topliss-reactive ketones (excluding diaryl/α,β-unsaturated/α-hetero) is 2. The van der Waals surface area contributed by atoms with Gasteiger partial charge in [-0.1, -0.05) is 54.6 Å². The number of hydrogen-bond donors (Lipinski definition) is 0. The first-order chi connectivity index (χ1) is 12.3. The molecule has 0 unspecified atom stereocenters. The highest BCUT2D eigenvalue weighted by Gasteiger charge is 2.55. The van der Waals surface area contributed by atoms with Gasteiger partial charge in [-0.05, 0) is 5.56 Å². The van der Waals surface area contributed by atoms with Crippen LogP contribution in [-0.4, -0.2) is 56.3 Å². The molecule has 0 spiro atoms. The van der Waals surface area contributed by atoms with Gasteiger partial charge in [0.25, 0.3) is 0 Å². The van der Waals surface area contributed by atoms with E-state index in [2.05, 4.69) is 0 Å². The Morgan fingerprint density at radius 1 is 0.885 bits per heavy atom. The molecule has 0 aromatic heterocycles. The molecule has 3 rings (SSSR count). The van der Waals surface area contributed by atoms with E-state index in [-0.39, 0.29) is 24.7 Å². The fraction of sp³-hybridized carbons (Fsp3) is 0.286. The Kier molecular flexibility index (Phi) is 4.50. The molecule has 1 aliphatic rings. The summed E-state index contributed by atoms with van der Waals surface area (Å²) in [4.78, 5) is 38.6. The van der Waals surface area contributed by atoms with Crippen LogP contribution in [0, 0.1) is 0 Å². The zero-order chi connectivity index (χ0) is 18.9. The lowest BCUT2D eigenvalue weighted by molar-refractivity contribution is -0.862. The predicted molar refractivity (Wildman–Crippen MR) is 97.1 cm³/mol. The Bertz CT molecular complexity index is 830. The molecule has 0 N–H and O–H groups in total. The third-order valence-corrected chi connectivity index (χ3v) is 4.51. The zero-order valence-corrected chi connectivity index (χ0v) is 15.2. The summed E-state index contributed by atoms with van der Waals surface area (Å²) < 4.78 is 5.84. The smallest absolute Gasteiger partial charge is 0.361 e. The first kappa shape index (κ1) is 18.0. The quantitative estimate of drug-likeness (QED) is 0.470. The highest BCUT2D eigenvalue weighted by atomic mass is 16.5. The number of carbonyl (C=O) groups excluding carboxylic acids is 3. The van der Waals surface area contributed by atoms with E-state index in [4.69, 9.17) is 4.74 Å². The van der Waals surface area contributed by atoms with Crippen molar-refractivity contribution in [2.75, 3.05) is 34.3 Å². The van der Waals surface area contributed by atoms with E-state index in [0.717, 1.165) is 0 Å². The monoisotopic (exact) mass is 352 g/mol. The van der Waals surface area contributed by atoms with Gasteiger partial charge in [0.2, 0.25) is 0 Å². The van der Waals surface area contributed by atoms with Gasteiger partial charge in [0.1, 0.15) is 6.61 Å². The van der Waals surface area contributed by atoms with Crippen molar-refractivity contribution in [2.45, 2.75) is 5.41 Å². The SMILES string of the molecule is C[N+](C)(C)CC(=O)OCC1(c2ccccc2)C(=O)c2ccccc2C1=O. The fourth-order valence-corrected chi connectivity index (χ4v) is 3.26. The number of carbonyl (C=O) groups is 3. The van der Waals surface area contributed by atoms with Gasteiger partial charge >= 0.3 is 5.97 Å². The van der Waals surface area contributed by atoms with Crippen LogP contribution < -0.4 is 0 Å². The largest absolute Gasteiger partial charge is 0.460 e. The van der Waals surface area contributed by atoms with Gasteiger partial charge in [-0.2, -0.15) is 0 Å². The molecule has 26 heavy (non-hydrogen) atoms. The highest BCUT2D eigenvalue weighted by molar-refractivity contribution is 6.33. The topological polar surface area (TPSA) is 60.4 Å². The number of ether oxygens (including phenoxy) is 1. The van der Waals surface area contributed by atoms with Gasteiger partial charge in [0.15, 0.2) is 23.5 Å². The van der Waals surface area contributed by atoms with E-state index >= 15 is 0 Å². The second-order valence-corrected chi connectivity index (χ2v) is 7.58. The lowest BCUT2D eigenvalue weighted by Crippen LogP contribution is -2.46. The Balaban J connectivity index is 2.00. The number of esters is 1. The second kappa shape index (κ2) is 6.50. The number of quaternary nitrogens is 1. The van der Waals surface area contributed by atoms with Crippen LogP contribution in [0.25, 0.3) is 0 Å². The predicted octanol–water partition coefficient (Wildman–Crippen LogP) is 2.25. The minimum absolute atomic E-state index is 0.153. The molecule has 2 aromatic carbocycles. The average Bonchev–Trinajstić information content (AvgIpc) is 2.82. The molecule has 0 heterocycles. The summed E-state index contributed by atoms with van der Waals surface area (Å²) in [5.74, 6) is -1.07. The van der Waals surface area contributed by atoms with E-state index in [1.807, 2.05) is 27.2 Å². The summed E-state index contributed by atoms with van der Waals surface area (Å²) in [5.41, 5.74) is -0.205. The standard InChI is InChI=1S/C21H22NO4/c1-22(2,3)13-18(23)26-14-21(15-9-5-4-6-10-15)19(24)16-11-7-8-12-17(16)20(21)25/h4-12H,13-14H2,1-3H3/q+1. The van der Waals surface area contributed by atoms with Crippen LogP contribution in [0.2, 0.25) is 0 Å². The van der Waals surface area contributed by atoms with E-state index in [1.54, 1.807) is 48.5 Å². The van der Waals surface area contributed by atoms with Gasteiger partial charge in [-0.25, -0.2) is 4.79 Å². The maximum absolute atomic E-state index is 13.2. The summed E-state index contributed by atoms with van der Waals surface area (Å²) in [7, 11) is 5.61. The van der Waals surface area contributed by atoms with Crippen LogP contribution >= 0.6 is 0 Å². The molecule has 134 valence electrons. The van der Waals surface area contributed by atoms with Gasteiger partial charge in [-0.15, -0.1) is 0 Å². The van der Waals surface area contributed by atoms with Crippen molar-refractivity contribution in [1.29, 1.82) is 0 Å². The molecule has 5 nitrogen and oxygen atoms in total. The summed E-state index contributed by atoms with van der Waals surface area (Å²) in [5, 5.41) is 0. The maximum atomic E-state index is 13.2. The zero-order valence-electron chi connectivity index (χ0n) is 15.2. The molecule has 0 fully saturated rings. The number of nitrogens with zero attached hydrogens (tertiary/aromatic N) is 1. The average molecular weight is 352 g/mol. The first-order valence-corrected chi connectivity index (χ1v) is 8.46. The van der Waals surface area contributed by atoms with Crippen molar-refractivity contribution in [3.63, 3.8) is 0 Å². The second-order valence-electron chi connectivity index (χ2n) is 7.58. The van der Waals surface area contributed by atoms with Crippen molar-refractivity contribution in [3.8, 4) is 0 Å². The van der Waals surface area contributed by atoms with Gasteiger partial charge in [0.05, 0.1) is 21.1 Å². The minimum atomic E-state index is -1.51. The molecular weight excluding hydrogens is 330 g/mol. The van der Waals surface area contributed by atoms with Crippen LogP contribution in [0.15, 0.2) is 54.6 Å². The molecule has 0 amide bonds. The normalized spacial score (nSPS) is 15.7. The van der Waals surface area contributed by atoms with Crippen LogP contribution in [0.1, 0.15) is 26.3 Å². The van der Waals surface area contributed by atoms with Crippen LogP contribution in [0.3, 0.4) is 0 Å². The molecule has 1 aliphatic carbocycles. The van der Waals surface area contributed by atoms with Crippen LogP contribution in [-0.2, 0) is 14.9 Å². The van der Waals surface area contributed by atoms with Gasteiger partial charge < -0.3 is 9.22 Å². The summed E-state index contributed by atoms with van der Waals surface area (Å²) >= 11 is 0. The molecule has 0 radical (unpaired) electrons. The molecular formula is C21H22NO4+. The number of benzene rings is 2. The van der Waals surface area contributed by atoms with Crippen LogP contribution in [0.4, 0.5) is 0 Å². The van der Waals surface area contributed by atoms with Gasteiger partial charge in [-0.3, -0.25) is 9.59 Å². The van der Waals surface area contributed by atoms with E-state index in [1.165, 1.54) is 0 Å². The molecule has 0 atom stereocenters. The number of likely N-dealkylation sites (N-methyl/N-ethyl adjacent to an activating group) is 1. The number of rotatable bonds is 5. The van der Waals surface area contributed by atoms with Crippen molar-refractivity contribution in [3.05, 3.63) is 71.3 Å². The number of ketones is 2. The van der Waals surface area contributed by atoms with E-state index in [0.29, 0.717) is 21.2 Å². The molecule has 0 aliphatic heterocycles. The number of fused-ring (bicyclic) bond motifs is 1. The first-order valence-electron chi connectivity index (χ1n) is 8.46. The van der Waals surface area contributed by atoms with Crippen molar-refractivity contribution >= 4 is 17.5 Å². The molecule has 0 saturated heterocycles. The maximum Gasteiger partial charge on any atom is 0.361 e. The molecule has 0 bridgehead atoms. The Morgan fingerprint density at radius 2 is 1.38 bits per heavy atom. The number of hydrogen-bond acceptors (Lipinski definition) is 4. The summed E-state index contributed by atoms with van der Waals surface area (Å²) in [6.07, 6.45) is 0. The summed E-state index contributed by atoms with van der Waals surface area (Å²) in [6, 6.07) is 15.6. The summed E-state index contributed by atoms with van der Waals surface area (Å²) in [6.45, 7) is -0.137. The molecule has 2 aromatic rings. The lowest BCUT2D eigenvalue weighted by Gasteiger charge is -2.27. The minimum Gasteiger partial charge on any atom is -0.460 e. The molecule has 5 heteroatoms. The Hall–Kier alpha value is -2.79. The molecule has 0 saturated carbocycles. The third-order valence-electron chi connectivity index (χ3n) is 4.51. The Morgan fingerprint density at radius 3 is 1.88 bits per heavy atom. The van der Waals surface area contributed by atoms with E-state index < -0.39 is 11.4 Å². The van der Waals surface area contributed by atoms with Gasteiger partial charge in [0, 0.05) is 11.1 Å². The Labute approximate surface area is 152 Å². The fourth-order valence-electron chi connectivity index (χ4n) is 3.26. The van der Waals surface area contributed by atoms with E-state index in [9.17, 15) is 14.4 Å².